The zero-order valence-corrected chi connectivity index (χ0v) is 41.5. The second-order valence-electron chi connectivity index (χ2n) is 14.3. The monoisotopic (exact) mass is 990 g/mol. The van der Waals surface area contributed by atoms with Gasteiger partial charge in [0.15, 0.2) is 11.9 Å². The van der Waals surface area contributed by atoms with Gasteiger partial charge in [0, 0.05) is 44.8 Å². The van der Waals surface area contributed by atoms with Crippen molar-refractivity contribution >= 4 is 60.6 Å². The third-order valence-corrected chi connectivity index (χ3v) is 12.0. The van der Waals surface area contributed by atoms with Crippen LogP contribution >= 0.6 is 43.8 Å². The van der Waals surface area contributed by atoms with Crippen molar-refractivity contribution < 1.29 is 47.5 Å². The normalized spacial score (nSPS) is 15.1. The Bertz CT molecular complexity index is 1820. The summed E-state index contributed by atoms with van der Waals surface area (Å²) >= 11 is 14.8. The van der Waals surface area contributed by atoms with Gasteiger partial charge in [-0.2, -0.15) is 26.8 Å². The van der Waals surface area contributed by atoms with E-state index in [9.17, 15) is 4.89 Å². The van der Waals surface area contributed by atoms with E-state index in [2.05, 4.69) is 37.2 Å². The number of aromatic nitrogens is 7. The molecule has 4 heterocycles. The van der Waals surface area contributed by atoms with Crippen LogP contribution in [0.4, 0.5) is 5.82 Å². The van der Waals surface area contributed by atoms with E-state index in [-0.39, 0.29) is 26.4 Å². The Kier molecular flexibility index (Phi) is 29.7. The highest BCUT2D eigenvalue weighted by Gasteiger charge is 2.30. The first-order chi connectivity index (χ1) is 32.1. The molecule has 0 radical (unpaired) electrons. The molecule has 1 N–H and O–H groups in total. The summed E-state index contributed by atoms with van der Waals surface area (Å²) in [7, 11) is -0.0710. The average Bonchev–Trinajstić information content (AvgIpc) is 4.09. The molecule has 65 heavy (non-hydrogen) atoms. The van der Waals surface area contributed by atoms with Crippen molar-refractivity contribution in [3.63, 3.8) is 0 Å². The molecule has 1 saturated heterocycles. The predicted octanol–water partition coefficient (Wildman–Crippen LogP) is 6.84. The summed E-state index contributed by atoms with van der Waals surface area (Å²) in [4.78, 5) is 20.5. The van der Waals surface area contributed by atoms with Crippen molar-refractivity contribution in [2.45, 2.75) is 78.5 Å². The zero-order valence-electron chi connectivity index (χ0n) is 38.2. The van der Waals surface area contributed by atoms with Gasteiger partial charge in [-0.1, -0.05) is 62.2 Å². The van der Waals surface area contributed by atoms with Gasteiger partial charge in [0.2, 0.25) is 5.28 Å². The third kappa shape index (κ3) is 21.7. The summed E-state index contributed by atoms with van der Waals surface area (Å²) in [5.41, 5.74) is 2.99. The molecule has 0 bridgehead atoms. The summed E-state index contributed by atoms with van der Waals surface area (Å²) in [5.74, 6) is 1.46. The van der Waals surface area contributed by atoms with Crippen molar-refractivity contribution in [3.8, 4) is 0 Å². The van der Waals surface area contributed by atoms with Crippen LogP contribution in [0.2, 0.25) is 10.3 Å². The minimum atomic E-state index is -0.264. The number of rotatable bonds is 37. The van der Waals surface area contributed by atoms with Crippen molar-refractivity contribution in [2.24, 2.45) is 0 Å². The smallest absolute Gasteiger partial charge is 0.226 e. The van der Waals surface area contributed by atoms with Crippen molar-refractivity contribution in [1.82, 2.24) is 34.7 Å². The number of unbranched alkanes of at least 4 members (excludes halogenated alkanes) is 1. The molecule has 0 spiro atoms. The van der Waals surface area contributed by atoms with E-state index in [1.165, 1.54) is 0 Å². The van der Waals surface area contributed by atoms with Crippen LogP contribution in [0.5, 0.6) is 0 Å². The molecule has 3 unspecified atom stereocenters. The van der Waals surface area contributed by atoms with Gasteiger partial charge in [0.1, 0.15) is 11.5 Å². The number of ether oxygens (including phenoxy) is 9. The van der Waals surface area contributed by atoms with Crippen LogP contribution < -0.4 is 4.90 Å². The standard InChI is InChI=1S/C41H63Cl2N8O10PS.C2H6/c1-2-3-12-53-15-18-56-21-22-58-20-17-55-14-11-50-29-34(47-48-50)30-60-26-25-59-24-23-57-19-16-54-13-10-49(28-33-6-4-5-7-37(33)42)39-36-27-44-51(40(36)46-41(43)45-39)38-9-8-35(61-38)31-63-32-62-52;1-2/h4-7,27,29,35,38,52,62H,2-3,8-26,28,30-32H2,1H3;1-2H3. The summed E-state index contributed by atoms with van der Waals surface area (Å²) in [6.07, 6.45) is 7.35. The van der Waals surface area contributed by atoms with Crippen LogP contribution in [0.25, 0.3) is 11.0 Å². The van der Waals surface area contributed by atoms with Crippen LogP contribution in [0.15, 0.2) is 36.7 Å². The topological polar surface area (TPSA) is 181 Å². The van der Waals surface area contributed by atoms with Crippen LogP contribution in [0.1, 0.15) is 63.9 Å². The molecule has 0 saturated carbocycles. The van der Waals surface area contributed by atoms with Gasteiger partial charge < -0.3 is 52.4 Å². The van der Waals surface area contributed by atoms with Gasteiger partial charge in [-0.15, -0.1) is 5.10 Å². The van der Waals surface area contributed by atoms with Gasteiger partial charge >= 0.3 is 0 Å². The number of anilines is 1. The molecule has 18 nitrogen and oxygen atoms in total. The molecule has 1 fully saturated rings. The van der Waals surface area contributed by atoms with Crippen molar-refractivity contribution in [1.29, 1.82) is 0 Å². The molecule has 3 atom stereocenters. The van der Waals surface area contributed by atoms with Gasteiger partial charge in [0.05, 0.1) is 130 Å². The maximum atomic E-state index is 9.17. The Labute approximate surface area is 399 Å². The summed E-state index contributed by atoms with van der Waals surface area (Å²) in [6.45, 7) is 15.6. The molecule has 1 aliphatic rings. The van der Waals surface area contributed by atoms with E-state index in [1.54, 1.807) is 27.3 Å². The number of thioether (sulfide) groups is 1. The molecule has 3 aromatic heterocycles. The Balaban J connectivity index is 0.00000456. The molecule has 22 heteroatoms. The van der Waals surface area contributed by atoms with E-state index >= 15 is 0 Å². The molecular weight excluding hydrogens is 922 g/mol. The maximum absolute atomic E-state index is 9.17. The van der Waals surface area contributed by atoms with Crippen molar-refractivity contribution in [2.75, 3.05) is 122 Å². The predicted molar refractivity (Wildman–Crippen MR) is 256 cm³/mol. The molecule has 0 amide bonds. The molecule has 366 valence electrons. The average molecular weight is 992 g/mol. The largest absolute Gasteiger partial charge is 0.379 e. The van der Waals surface area contributed by atoms with Crippen LogP contribution in [0, 0.1) is 0 Å². The second kappa shape index (κ2) is 34.9. The van der Waals surface area contributed by atoms with Gasteiger partial charge in [-0.25, -0.2) is 9.36 Å². The summed E-state index contributed by atoms with van der Waals surface area (Å²) in [5, 5.41) is 14.5. The lowest BCUT2D eigenvalue weighted by Gasteiger charge is -2.25. The van der Waals surface area contributed by atoms with Crippen LogP contribution in [0.3, 0.4) is 0 Å². The fourth-order valence-corrected chi connectivity index (χ4v) is 8.05. The lowest BCUT2D eigenvalue weighted by molar-refractivity contribution is -0.00384. The fourth-order valence-electron chi connectivity index (χ4n) is 6.35. The highest BCUT2D eigenvalue weighted by Crippen LogP contribution is 2.35. The van der Waals surface area contributed by atoms with E-state index in [0.29, 0.717) is 141 Å². The van der Waals surface area contributed by atoms with Crippen LogP contribution in [-0.2, 0) is 62.3 Å². The lowest BCUT2D eigenvalue weighted by atomic mass is 10.2. The van der Waals surface area contributed by atoms with Gasteiger partial charge in [-0.05, 0) is 42.5 Å². The first-order valence-corrected chi connectivity index (χ1v) is 25.6. The number of fused-ring (bicyclic) bond motifs is 1. The highest BCUT2D eigenvalue weighted by molar-refractivity contribution is 8.03. The first-order valence-electron chi connectivity index (χ1n) is 22.6. The quantitative estimate of drug-likeness (QED) is 0.0281. The summed E-state index contributed by atoms with van der Waals surface area (Å²) in [6, 6.07) is 7.71. The van der Waals surface area contributed by atoms with E-state index < -0.39 is 0 Å². The molecular formula is C43H69Cl2N8O10PS. The Hall–Kier alpha value is -2.33. The lowest BCUT2D eigenvalue weighted by Crippen LogP contribution is -2.29. The second-order valence-corrected chi connectivity index (χ2v) is 17.2. The van der Waals surface area contributed by atoms with Crippen LogP contribution in [-0.4, -0.2) is 163 Å². The molecule has 4 aromatic rings. The molecule has 1 aliphatic heterocycles. The number of halogens is 2. The van der Waals surface area contributed by atoms with Gasteiger partial charge in [0.25, 0.3) is 0 Å². The maximum Gasteiger partial charge on any atom is 0.226 e. The third-order valence-electron chi connectivity index (χ3n) is 9.53. The van der Waals surface area contributed by atoms with E-state index in [4.69, 9.17) is 65.8 Å². The number of nitrogens with zero attached hydrogens (tertiary/aromatic N) is 8. The SMILES string of the molecule is CC.CCCCOCCOCCOCCOCCn1cc(COCCOCCOCCOCCN(Cc2ccccc2Cl)c2nc(Cl)nc3c2cnn3C2CCC(CSCPO)O2)nn1. The molecule has 0 aliphatic carbocycles. The minimum absolute atomic E-state index is 0.0710. The van der Waals surface area contributed by atoms with E-state index in [1.807, 2.05) is 44.3 Å². The summed E-state index contributed by atoms with van der Waals surface area (Å²) < 4.78 is 55.0. The fraction of sp³-hybridized carbons (Fsp3) is 0.698. The first kappa shape index (κ1) is 55.3. The number of benzene rings is 1. The highest BCUT2D eigenvalue weighted by atomic mass is 35.5. The number of hydrogen-bond donors (Lipinski definition) is 1. The van der Waals surface area contributed by atoms with Crippen molar-refractivity contribution in [3.05, 3.63) is 58.2 Å². The van der Waals surface area contributed by atoms with E-state index in [0.717, 1.165) is 54.7 Å². The molecule has 5 rings (SSSR count). The Morgan fingerprint density at radius 3 is 2.11 bits per heavy atom. The minimum Gasteiger partial charge on any atom is -0.379 e. The number of hydrogen-bond acceptors (Lipinski definition) is 17. The Morgan fingerprint density at radius 2 is 1.45 bits per heavy atom. The Morgan fingerprint density at radius 1 is 0.815 bits per heavy atom. The van der Waals surface area contributed by atoms with Gasteiger partial charge in [-0.3, -0.25) is 0 Å². The zero-order chi connectivity index (χ0) is 46.2. The molecule has 1 aromatic carbocycles.